The average molecular weight is 220 g/mol. The molecule has 16 heavy (non-hydrogen) atoms. The van der Waals surface area contributed by atoms with Gasteiger partial charge in [0.1, 0.15) is 0 Å². The number of benzene rings is 1. The lowest BCUT2D eigenvalue weighted by Gasteiger charge is -2.25. The first kappa shape index (κ1) is 11.6. The number of ether oxygens (including phenoxy) is 2. The topological polar surface area (TPSA) is 18.5 Å². The zero-order valence-corrected chi connectivity index (χ0v) is 10.3. The van der Waals surface area contributed by atoms with Crippen molar-refractivity contribution >= 4 is 0 Å². The maximum atomic E-state index is 5.61. The van der Waals surface area contributed by atoms with Gasteiger partial charge in [-0.2, -0.15) is 0 Å². The zero-order valence-electron chi connectivity index (χ0n) is 10.3. The quantitative estimate of drug-likeness (QED) is 0.722. The first-order chi connectivity index (χ1) is 7.57. The van der Waals surface area contributed by atoms with Crippen molar-refractivity contribution in [3.8, 4) is 0 Å². The second-order valence-corrected chi connectivity index (χ2v) is 5.30. The Labute approximate surface area is 97.6 Å². The van der Waals surface area contributed by atoms with E-state index in [1.807, 2.05) is 0 Å². The second-order valence-electron chi connectivity index (χ2n) is 5.30. The van der Waals surface area contributed by atoms with Gasteiger partial charge in [0.25, 0.3) is 0 Å². The van der Waals surface area contributed by atoms with Crippen LogP contribution in [0.15, 0.2) is 24.3 Å². The van der Waals surface area contributed by atoms with E-state index >= 15 is 0 Å². The van der Waals surface area contributed by atoms with Crippen LogP contribution < -0.4 is 0 Å². The van der Waals surface area contributed by atoms with Crippen LogP contribution in [0.3, 0.4) is 0 Å². The molecule has 2 rings (SSSR count). The van der Waals surface area contributed by atoms with Gasteiger partial charge in [-0.25, -0.2) is 0 Å². The predicted molar refractivity (Wildman–Crippen MR) is 64.4 cm³/mol. The minimum absolute atomic E-state index is 0.170. The maximum Gasteiger partial charge on any atom is 0.183 e. The highest BCUT2D eigenvalue weighted by molar-refractivity contribution is 5.29. The molecule has 0 unspecified atom stereocenters. The van der Waals surface area contributed by atoms with Crippen molar-refractivity contribution in [2.45, 2.75) is 38.9 Å². The van der Waals surface area contributed by atoms with E-state index in [4.69, 9.17) is 9.47 Å². The fraction of sp³-hybridized carbons (Fsp3) is 0.571. The lowest BCUT2D eigenvalue weighted by Crippen LogP contribution is -2.19. The molecule has 2 heteroatoms. The van der Waals surface area contributed by atoms with Crippen LogP contribution in [0.2, 0.25) is 0 Å². The van der Waals surface area contributed by atoms with Crippen LogP contribution in [0.5, 0.6) is 0 Å². The largest absolute Gasteiger partial charge is 0.348 e. The molecule has 1 aromatic rings. The summed E-state index contributed by atoms with van der Waals surface area (Å²) in [5.41, 5.74) is 2.62. The van der Waals surface area contributed by atoms with E-state index in [2.05, 4.69) is 45.0 Å². The molecule has 1 aromatic carbocycles. The van der Waals surface area contributed by atoms with Crippen LogP contribution in [0.1, 0.15) is 44.6 Å². The van der Waals surface area contributed by atoms with Crippen LogP contribution >= 0.6 is 0 Å². The molecule has 0 amide bonds. The Morgan fingerprint density at radius 3 is 2.44 bits per heavy atom. The fourth-order valence-corrected chi connectivity index (χ4v) is 1.83. The summed E-state index contributed by atoms with van der Waals surface area (Å²) in [6.45, 7) is 8.24. The Balaban J connectivity index is 2.21. The van der Waals surface area contributed by atoms with Crippen molar-refractivity contribution in [3.63, 3.8) is 0 Å². The van der Waals surface area contributed by atoms with Gasteiger partial charge < -0.3 is 9.47 Å². The van der Waals surface area contributed by atoms with Gasteiger partial charge in [0.15, 0.2) is 6.29 Å². The Morgan fingerprint density at radius 1 is 1.12 bits per heavy atom. The van der Waals surface area contributed by atoms with Crippen molar-refractivity contribution in [1.29, 1.82) is 0 Å². The highest BCUT2D eigenvalue weighted by atomic mass is 16.7. The van der Waals surface area contributed by atoms with Gasteiger partial charge in [0.2, 0.25) is 0 Å². The third kappa shape index (κ3) is 2.63. The van der Waals surface area contributed by atoms with Gasteiger partial charge >= 0.3 is 0 Å². The SMILES string of the molecule is CC(C)(C)c1cccc(C2OCCCO2)c1. The average Bonchev–Trinajstić information content (AvgIpc) is 2.29. The summed E-state index contributed by atoms with van der Waals surface area (Å²) in [5, 5.41) is 0. The van der Waals surface area contributed by atoms with Crippen LogP contribution in [-0.2, 0) is 14.9 Å². The normalized spacial score (nSPS) is 18.7. The number of hydrogen-bond donors (Lipinski definition) is 0. The molecule has 0 N–H and O–H groups in total. The first-order valence-corrected chi connectivity index (χ1v) is 5.91. The third-order valence-corrected chi connectivity index (χ3v) is 2.85. The van der Waals surface area contributed by atoms with Gasteiger partial charge in [-0.1, -0.05) is 45.0 Å². The Bertz CT molecular complexity index is 346. The van der Waals surface area contributed by atoms with E-state index in [1.165, 1.54) is 5.56 Å². The van der Waals surface area contributed by atoms with E-state index in [1.54, 1.807) is 0 Å². The smallest absolute Gasteiger partial charge is 0.183 e. The molecule has 1 heterocycles. The van der Waals surface area contributed by atoms with Crippen LogP contribution in [0.4, 0.5) is 0 Å². The summed E-state index contributed by atoms with van der Waals surface area (Å²) in [6, 6.07) is 8.50. The standard InChI is InChI=1S/C14H20O2/c1-14(2,3)12-7-4-6-11(10-12)13-15-8-5-9-16-13/h4,6-7,10,13H,5,8-9H2,1-3H3. The highest BCUT2D eigenvalue weighted by Crippen LogP contribution is 2.28. The molecule has 1 aliphatic rings. The van der Waals surface area contributed by atoms with Crippen LogP contribution in [0.25, 0.3) is 0 Å². The molecule has 2 nitrogen and oxygen atoms in total. The van der Waals surface area contributed by atoms with E-state index in [0.717, 1.165) is 25.2 Å². The summed E-state index contributed by atoms with van der Waals surface area (Å²) in [6.07, 6.45) is 0.825. The van der Waals surface area contributed by atoms with Gasteiger partial charge in [-0.15, -0.1) is 0 Å². The monoisotopic (exact) mass is 220 g/mol. The van der Waals surface area contributed by atoms with Gasteiger partial charge in [0.05, 0.1) is 13.2 Å². The second kappa shape index (κ2) is 4.56. The molecule has 1 fully saturated rings. The maximum absolute atomic E-state index is 5.61. The molecule has 0 atom stereocenters. The summed E-state index contributed by atoms with van der Waals surface area (Å²) in [4.78, 5) is 0. The molecule has 0 aliphatic carbocycles. The van der Waals surface area contributed by atoms with Crippen LogP contribution in [0, 0.1) is 0 Å². The Morgan fingerprint density at radius 2 is 1.81 bits per heavy atom. The lowest BCUT2D eigenvalue weighted by atomic mass is 9.86. The molecule has 0 radical (unpaired) electrons. The van der Waals surface area contributed by atoms with Crippen molar-refractivity contribution < 1.29 is 9.47 Å². The van der Waals surface area contributed by atoms with Crippen molar-refractivity contribution in [2.24, 2.45) is 0 Å². The zero-order chi connectivity index (χ0) is 11.6. The van der Waals surface area contributed by atoms with Crippen molar-refractivity contribution in [2.75, 3.05) is 13.2 Å². The molecule has 0 saturated carbocycles. The van der Waals surface area contributed by atoms with Gasteiger partial charge in [-0.05, 0) is 17.4 Å². The summed E-state index contributed by atoms with van der Waals surface area (Å²) >= 11 is 0. The number of hydrogen-bond acceptors (Lipinski definition) is 2. The Kier molecular flexibility index (Phi) is 3.31. The molecule has 1 saturated heterocycles. The molecule has 0 aromatic heterocycles. The van der Waals surface area contributed by atoms with Crippen molar-refractivity contribution in [1.82, 2.24) is 0 Å². The predicted octanol–water partition coefficient (Wildman–Crippen LogP) is 3.42. The van der Waals surface area contributed by atoms with Crippen LogP contribution in [-0.4, -0.2) is 13.2 Å². The highest BCUT2D eigenvalue weighted by Gasteiger charge is 2.19. The molecule has 0 spiro atoms. The fourth-order valence-electron chi connectivity index (χ4n) is 1.83. The molecule has 88 valence electrons. The minimum Gasteiger partial charge on any atom is -0.348 e. The number of rotatable bonds is 1. The summed E-state index contributed by atoms with van der Waals surface area (Å²) in [7, 11) is 0. The molecule has 0 bridgehead atoms. The minimum atomic E-state index is -0.170. The molecular weight excluding hydrogens is 200 g/mol. The summed E-state index contributed by atoms with van der Waals surface area (Å²) in [5.74, 6) is 0. The van der Waals surface area contributed by atoms with E-state index in [0.29, 0.717) is 0 Å². The van der Waals surface area contributed by atoms with E-state index in [-0.39, 0.29) is 11.7 Å². The van der Waals surface area contributed by atoms with Gasteiger partial charge in [0, 0.05) is 5.56 Å². The van der Waals surface area contributed by atoms with E-state index < -0.39 is 0 Å². The van der Waals surface area contributed by atoms with Crippen molar-refractivity contribution in [3.05, 3.63) is 35.4 Å². The van der Waals surface area contributed by atoms with Gasteiger partial charge in [-0.3, -0.25) is 0 Å². The lowest BCUT2D eigenvalue weighted by molar-refractivity contribution is -0.183. The Hall–Kier alpha value is -0.860. The van der Waals surface area contributed by atoms with E-state index in [9.17, 15) is 0 Å². The summed E-state index contributed by atoms with van der Waals surface area (Å²) < 4.78 is 11.2. The first-order valence-electron chi connectivity index (χ1n) is 5.91. The third-order valence-electron chi connectivity index (χ3n) is 2.85. The molecular formula is C14H20O2. The molecule has 1 aliphatic heterocycles.